The van der Waals surface area contributed by atoms with E-state index in [2.05, 4.69) is 13.7 Å². The first kappa shape index (κ1) is 18.5. The lowest BCUT2D eigenvalue weighted by atomic mass is 10.1. The van der Waals surface area contributed by atoms with Gasteiger partial charge in [0.15, 0.2) is 11.0 Å². The normalized spacial score (nSPS) is 12.8. The quantitative estimate of drug-likeness (QED) is 0.750. The molecule has 1 unspecified atom stereocenters. The number of rotatable bonds is 3. The van der Waals surface area contributed by atoms with Crippen molar-refractivity contribution in [3.63, 3.8) is 0 Å². The fourth-order valence-corrected chi connectivity index (χ4v) is 2.73. The molecule has 6 nitrogen and oxygen atoms in total. The minimum absolute atomic E-state index is 0.197. The Morgan fingerprint density at radius 3 is 2.71 bits per heavy atom. The minimum atomic E-state index is -0.666. The smallest absolute Gasteiger partial charge is 0.410 e. The molecule has 0 N–H and O–H groups in total. The molecule has 0 spiro atoms. The monoisotopic (exact) mass is 372 g/mol. The van der Waals surface area contributed by atoms with Gasteiger partial charge >= 0.3 is 6.09 Å². The lowest BCUT2D eigenvalue weighted by Gasteiger charge is -2.28. The van der Waals surface area contributed by atoms with Crippen LogP contribution in [-0.2, 0) is 4.74 Å². The van der Waals surface area contributed by atoms with E-state index in [1.165, 1.54) is 17.2 Å². The maximum Gasteiger partial charge on any atom is 0.410 e. The fourth-order valence-electron chi connectivity index (χ4n) is 1.93. The van der Waals surface area contributed by atoms with Crippen molar-refractivity contribution in [3.8, 4) is 11.3 Å². The second-order valence-corrected chi connectivity index (χ2v) is 7.12. The van der Waals surface area contributed by atoms with Gasteiger partial charge in [0.2, 0.25) is 0 Å². The highest BCUT2D eigenvalue weighted by molar-refractivity contribution is 6.99. The maximum absolute atomic E-state index is 14.2. The van der Waals surface area contributed by atoms with Crippen LogP contribution in [0.2, 0.25) is 5.15 Å². The van der Waals surface area contributed by atoms with Crippen molar-refractivity contribution in [2.75, 3.05) is 7.05 Å². The molecule has 2 aromatic heterocycles. The van der Waals surface area contributed by atoms with E-state index in [0.29, 0.717) is 11.4 Å². The zero-order chi connectivity index (χ0) is 18.1. The van der Waals surface area contributed by atoms with Gasteiger partial charge < -0.3 is 9.64 Å². The topological polar surface area (TPSA) is 68.2 Å². The van der Waals surface area contributed by atoms with Gasteiger partial charge in [-0.05, 0) is 33.8 Å². The Morgan fingerprint density at radius 2 is 2.08 bits per heavy atom. The Labute approximate surface area is 148 Å². The molecule has 1 atom stereocenters. The third-order valence-corrected chi connectivity index (χ3v) is 4.08. The SMILES string of the molecule is CC(c1nsnc1-c1ccnc(Cl)c1F)N(C)C(=O)OC(C)(C)C. The van der Waals surface area contributed by atoms with Crippen LogP contribution >= 0.6 is 23.3 Å². The van der Waals surface area contributed by atoms with E-state index in [1.807, 2.05) is 0 Å². The second kappa shape index (κ2) is 6.98. The molecule has 0 saturated heterocycles. The molecule has 1 amide bonds. The highest BCUT2D eigenvalue weighted by Gasteiger charge is 2.28. The van der Waals surface area contributed by atoms with Crippen molar-refractivity contribution in [1.29, 1.82) is 0 Å². The third-order valence-electron chi connectivity index (χ3n) is 3.27. The number of ether oxygens (including phenoxy) is 1. The van der Waals surface area contributed by atoms with Crippen molar-refractivity contribution in [2.24, 2.45) is 0 Å². The Kier molecular flexibility index (Phi) is 5.39. The van der Waals surface area contributed by atoms with E-state index in [1.54, 1.807) is 34.7 Å². The molecule has 0 aliphatic heterocycles. The van der Waals surface area contributed by atoms with Crippen LogP contribution in [-0.4, -0.2) is 37.4 Å². The van der Waals surface area contributed by atoms with E-state index in [4.69, 9.17) is 16.3 Å². The van der Waals surface area contributed by atoms with Crippen LogP contribution in [0, 0.1) is 5.82 Å². The highest BCUT2D eigenvalue weighted by Crippen LogP contribution is 2.32. The number of hydrogen-bond acceptors (Lipinski definition) is 6. The number of amides is 1. The number of carbonyl (C=O) groups excluding carboxylic acids is 1. The first-order valence-corrected chi connectivity index (χ1v) is 8.31. The zero-order valence-electron chi connectivity index (χ0n) is 14.0. The summed E-state index contributed by atoms with van der Waals surface area (Å²) < 4.78 is 27.9. The molecule has 0 saturated carbocycles. The Balaban J connectivity index is 2.32. The van der Waals surface area contributed by atoms with E-state index >= 15 is 0 Å². The van der Waals surface area contributed by atoms with Gasteiger partial charge in [-0.25, -0.2) is 14.2 Å². The molecule has 0 radical (unpaired) electrons. The number of nitrogens with zero attached hydrogens (tertiary/aromatic N) is 4. The van der Waals surface area contributed by atoms with E-state index in [0.717, 1.165) is 11.7 Å². The van der Waals surface area contributed by atoms with E-state index in [-0.39, 0.29) is 10.7 Å². The summed E-state index contributed by atoms with van der Waals surface area (Å²) >= 11 is 6.67. The molecule has 0 bridgehead atoms. The van der Waals surface area contributed by atoms with Crippen molar-refractivity contribution >= 4 is 29.4 Å². The highest BCUT2D eigenvalue weighted by atomic mass is 35.5. The molecule has 2 rings (SSSR count). The molecule has 9 heteroatoms. The Hall–Kier alpha value is -1.80. The van der Waals surface area contributed by atoms with Gasteiger partial charge in [0, 0.05) is 18.8 Å². The standard InChI is InChI=1S/C15H18ClFN4O2S/c1-8(21(5)14(22)23-15(2,3)4)11-12(20-24-19-11)9-6-7-18-13(16)10(9)17/h6-8H,1-5H3. The zero-order valence-corrected chi connectivity index (χ0v) is 15.6. The molecule has 24 heavy (non-hydrogen) atoms. The Morgan fingerprint density at radius 1 is 1.42 bits per heavy atom. The molecule has 2 heterocycles. The number of aromatic nitrogens is 3. The first-order valence-electron chi connectivity index (χ1n) is 7.20. The van der Waals surface area contributed by atoms with Gasteiger partial charge in [-0.15, -0.1) is 0 Å². The lowest BCUT2D eigenvalue weighted by Crippen LogP contribution is -2.36. The van der Waals surface area contributed by atoms with Crippen LogP contribution in [0.4, 0.5) is 9.18 Å². The summed E-state index contributed by atoms with van der Waals surface area (Å²) in [4.78, 5) is 17.3. The van der Waals surface area contributed by atoms with Crippen LogP contribution in [0.25, 0.3) is 11.3 Å². The third kappa shape index (κ3) is 3.99. The van der Waals surface area contributed by atoms with Crippen molar-refractivity contribution < 1.29 is 13.9 Å². The molecular formula is C15H18ClFN4O2S. The van der Waals surface area contributed by atoms with Crippen molar-refractivity contribution in [2.45, 2.75) is 39.3 Å². The summed E-state index contributed by atoms with van der Waals surface area (Å²) in [7, 11) is 1.59. The second-order valence-electron chi connectivity index (χ2n) is 6.23. The summed E-state index contributed by atoms with van der Waals surface area (Å²) in [5.74, 6) is -0.666. The van der Waals surface area contributed by atoms with Crippen LogP contribution in [0.3, 0.4) is 0 Å². The summed E-state index contributed by atoms with van der Waals surface area (Å²) in [6, 6.07) is 1.02. The van der Waals surface area contributed by atoms with Crippen LogP contribution in [0.1, 0.15) is 39.4 Å². The summed E-state index contributed by atoms with van der Waals surface area (Å²) in [5, 5.41) is -0.236. The van der Waals surface area contributed by atoms with Crippen molar-refractivity contribution in [1.82, 2.24) is 18.6 Å². The number of hydrogen-bond donors (Lipinski definition) is 0. The molecular weight excluding hydrogens is 355 g/mol. The molecule has 0 aliphatic carbocycles. The van der Waals surface area contributed by atoms with Gasteiger partial charge in [0.05, 0.1) is 17.8 Å². The van der Waals surface area contributed by atoms with Gasteiger partial charge in [-0.3, -0.25) is 0 Å². The average molecular weight is 373 g/mol. The molecule has 0 aromatic carbocycles. The number of carbonyl (C=O) groups is 1. The van der Waals surface area contributed by atoms with Gasteiger partial charge in [0.25, 0.3) is 0 Å². The Bertz CT molecular complexity index is 747. The fraction of sp³-hybridized carbons (Fsp3) is 0.467. The van der Waals surface area contributed by atoms with Crippen molar-refractivity contribution in [3.05, 3.63) is 28.9 Å². The summed E-state index contributed by atoms with van der Waals surface area (Å²) in [6.45, 7) is 7.12. The maximum atomic E-state index is 14.2. The van der Waals surface area contributed by atoms with Gasteiger partial charge in [-0.2, -0.15) is 8.75 Å². The molecule has 2 aromatic rings. The average Bonchev–Trinajstić information content (AvgIpc) is 2.96. The summed E-state index contributed by atoms with van der Waals surface area (Å²) in [5.41, 5.74) is 0.390. The molecule has 130 valence electrons. The van der Waals surface area contributed by atoms with Crippen LogP contribution in [0.5, 0.6) is 0 Å². The van der Waals surface area contributed by atoms with Crippen LogP contribution < -0.4 is 0 Å². The predicted molar refractivity (Wildman–Crippen MR) is 90.5 cm³/mol. The lowest BCUT2D eigenvalue weighted by molar-refractivity contribution is 0.0231. The largest absolute Gasteiger partial charge is 0.444 e. The number of pyridine rings is 1. The van der Waals surface area contributed by atoms with Gasteiger partial charge in [-0.1, -0.05) is 11.6 Å². The molecule has 0 fully saturated rings. The van der Waals surface area contributed by atoms with Gasteiger partial charge in [0.1, 0.15) is 17.0 Å². The first-order chi connectivity index (χ1) is 11.1. The van der Waals surface area contributed by atoms with Crippen LogP contribution in [0.15, 0.2) is 12.3 Å². The molecule has 0 aliphatic rings. The van der Waals surface area contributed by atoms with E-state index in [9.17, 15) is 9.18 Å². The predicted octanol–water partition coefficient (Wildman–Crippen LogP) is 4.32. The van der Waals surface area contributed by atoms with E-state index < -0.39 is 23.6 Å². The number of halogens is 2. The summed E-state index contributed by atoms with van der Waals surface area (Å²) in [6.07, 6.45) is 0.897. The minimum Gasteiger partial charge on any atom is -0.444 e.